The van der Waals surface area contributed by atoms with Gasteiger partial charge in [0.1, 0.15) is 12.1 Å². The summed E-state index contributed by atoms with van der Waals surface area (Å²) >= 11 is 1.26. The molecule has 4 aromatic rings. The number of aromatic nitrogens is 3. The summed E-state index contributed by atoms with van der Waals surface area (Å²) in [6.07, 6.45) is 1.44. The highest BCUT2D eigenvalue weighted by atomic mass is 32.2. The summed E-state index contributed by atoms with van der Waals surface area (Å²) in [5.74, 6) is 0.620. The number of allylic oxidation sites excluding steroid dienone is 1. The monoisotopic (exact) mass is 676 g/mol. The molecule has 0 saturated carbocycles. The lowest BCUT2D eigenvalue weighted by atomic mass is 9.99. The first kappa shape index (κ1) is 34.4. The van der Waals surface area contributed by atoms with Crippen molar-refractivity contribution in [1.82, 2.24) is 20.1 Å². The number of anilines is 1. The van der Waals surface area contributed by atoms with Crippen LogP contribution < -0.4 is 15.0 Å². The van der Waals surface area contributed by atoms with Crippen molar-refractivity contribution >= 4 is 40.6 Å². The second-order valence-electron chi connectivity index (χ2n) is 11.7. The van der Waals surface area contributed by atoms with E-state index in [1.807, 2.05) is 68.5 Å². The van der Waals surface area contributed by atoms with Gasteiger partial charge in [0.05, 0.1) is 17.1 Å². The number of thioether (sulfide) groups is 1. The molecule has 0 spiro atoms. The molecular weight excluding hydrogens is 641 g/mol. The number of ether oxygens (including phenoxy) is 1. The minimum atomic E-state index is -4.76. The van der Waals surface area contributed by atoms with Gasteiger partial charge in [-0.15, -0.1) is 18.3 Å². The molecule has 5 rings (SSSR count). The Kier molecular flexibility index (Phi) is 10.7. The van der Waals surface area contributed by atoms with Crippen molar-refractivity contribution in [1.29, 1.82) is 0 Å². The molecule has 1 saturated heterocycles. The van der Waals surface area contributed by atoms with Crippen molar-refractivity contribution in [2.24, 2.45) is 10.9 Å². The van der Waals surface area contributed by atoms with Crippen LogP contribution in [0.25, 0.3) is 23.2 Å². The average Bonchev–Trinajstić information content (AvgIpc) is 3.66. The predicted molar refractivity (Wildman–Crippen MR) is 182 cm³/mol. The van der Waals surface area contributed by atoms with Gasteiger partial charge in [-0.2, -0.15) is 4.99 Å². The lowest BCUT2D eigenvalue weighted by Crippen LogP contribution is -2.32. The van der Waals surface area contributed by atoms with Crippen molar-refractivity contribution in [3.8, 4) is 22.8 Å². The highest BCUT2D eigenvalue weighted by Gasteiger charge is 2.33. The van der Waals surface area contributed by atoms with E-state index in [2.05, 4.69) is 39.0 Å². The fourth-order valence-electron chi connectivity index (χ4n) is 5.02. The van der Waals surface area contributed by atoms with Crippen LogP contribution in [0.5, 0.6) is 5.75 Å². The molecule has 2 heterocycles. The number of rotatable bonds is 10. The number of benzene rings is 3. The van der Waals surface area contributed by atoms with E-state index in [9.17, 15) is 22.8 Å². The molecule has 3 amide bonds. The molecule has 1 atom stereocenters. The van der Waals surface area contributed by atoms with E-state index in [4.69, 9.17) is 0 Å². The van der Waals surface area contributed by atoms with Crippen LogP contribution >= 0.6 is 11.8 Å². The van der Waals surface area contributed by atoms with Gasteiger partial charge in [-0.25, -0.2) is 14.5 Å². The standard InChI is InChI=1S/C35H35F3N6O3S/c1-22(2)29-15-9-24(4)18-30(29)44-31(45)20-48-34(44)41-33(46)39-17-16-23(3)8-10-25-6-5-7-26(19-25)32-40-21-43(42-32)27-11-13-28(14-12-27)47-35(36,37)38/h5-15,18-19,21-23H,16-17,20H2,1-4H3,(H,39,46)/b10-8+,41-34?. The van der Waals surface area contributed by atoms with Crippen molar-refractivity contribution in [2.75, 3.05) is 17.2 Å². The third kappa shape index (κ3) is 8.91. The van der Waals surface area contributed by atoms with Crippen LogP contribution in [-0.2, 0) is 4.79 Å². The molecule has 0 radical (unpaired) electrons. The largest absolute Gasteiger partial charge is 0.573 e. The summed E-state index contributed by atoms with van der Waals surface area (Å²) in [6.45, 7) is 8.56. The van der Waals surface area contributed by atoms with Gasteiger partial charge in [-0.1, -0.05) is 75.0 Å². The van der Waals surface area contributed by atoms with Crippen LogP contribution in [0.1, 0.15) is 49.8 Å². The number of amides is 3. The van der Waals surface area contributed by atoms with Crippen molar-refractivity contribution < 1.29 is 27.5 Å². The fourth-order valence-corrected chi connectivity index (χ4v) is 5.88. The lowest BCUT2D eigenvalue weighted by molar-refractivity contribution is -0.274. The molecule has 1 aromatic heterocycles. The Hall–Kier alpha value is -4.91. The third-order valence-electron chi connectivity index (χ3n) is 7.48. The highest BCUT2D eigenvalue weighted by molar-refractivity contribution is 8.15. The first-order chi connectivity index (χ1) is 22.9. The summed E-state index contributed by atoms with van der Waals surface area (Å²) < 4.78 is 42.7. The normalized spacial score (nSPS) is 15.1. The second-order valence-corrected chi connectivity index (χ2v) is 12.6. The molecule has 1 N–H and O–H groups in total. The van der Waals surface area contributed by atoms with E-state index in [0.29, 0.717) is 29.6 Å². The van der Waals surface area contributed by atoms with Gasteiger partial charge < -0.3 is 10.1 Å². The molecule has 9 nitrogen and oxygen atoms in total. The number of urea groups is 1. The topological polar surface area (TPSA) is 102 Å². The van der Waals surface area contributed by atoms with E-state index in [0.717, 1.165) is 27.9 Å². The predicted octanol–water partition coefficient (Wildman–Crippen LogP) is 8.15. The van der Waals surface area contributed by atoms with Crippen LogP contribution in [0.4, 0.5) is 23.7 Å². The van der Waals surface area contributed by atoms with Crippen LogP contribution in [-0.4, -0.2) is 50.5 Å². The first-order valence-electron chi connectivity index (χ1n) is 15.4. The molecule has 250 valence electrons. The second kappa shape index (κ2) is 14.9. The number of carbonyl (C=O) groups is 2. The number of halogens is 3. The molecule has 3 aromatic carbocycles. The molecule has 1 fully saturated rings. The Morgan fingerprint density at radius 1 is 1.10 bits per heavy atom. The smallest absolute Gasteiger partial charge is 0.406 e. The van der Waals surface area contributed by atoms with Gasteiger partial charge in [0, 0.05) is 12.1 Å². The van der Waals surface area contributed by atoms with Gasteiger partial charge in [0.25, 0.3) is 0 Å². The number of alkyl halides is 3. The van der Waals surface area contributed by atoms with E-state index in [1.165, 1.54) is 47.0 Å². The van der Waals surface area contributed by atoms with Crippen LogP contribution in [0.3, 0.4) is 0 Å². The van der Waals surface area contributed by atoms with Crippen LogP contribution in [0, 0.1) is 12.8 Å². The number of hydrogen-bond donors (Lipinski definition) is 1. The number of aryl methyl sites for hydroxylation is 1. The number of carbonyl (C=O) groups excluding carboxylic acids is 2. The number of hydrogen-bond acceptors (Lipinski definition) is 6. The van der Waals surface area contributed by atoms with E-state index in [-0.39, 0.29) is 29.2 Å². The van der Waals surface area contributed by atoms with Gasteiger partial charge in [0.2, 0.25) is 5.91 Å². The van der Waals surface area contributed by atoms with E-state index >= 15 is 0 Å². The van der Waals surface area contributed by atoms with Crippen molar-refractivity contribution in [3.63, 3.8) is 0 Å². The number of aliphatic imine (C=N–C) groups is 1. The maximum absolute atomic E-state index is 12.8. The average molecular weight is 677 g/mol. The number of nitrogens with one attached hydrogen (secondary N) is 1. The molecule has 1 unspecified atom stereocenters. The minimum absolute atomic E-state index is 0.0980. The quantitative estimate of drug-likeness (QED) is 0.182. The SMILES string of the molecule is Cc1ccc(C(C)C)c(N2C(=O)CSC2=NC(=O)NCCC(C)/C=C/c2cccc(-c3ncn(-c4ccc(OC(F)(F)F)cc4)n3)c2)c1. The first-order valence-corrected chi connectivity index (χ1v) is 16.3. The van der Waals surface area contributed by atoms with Crippen LogP contribution in [0.15, 0.2) is 84.1 Å². The number of amidine groups is 1. The molecular formula is C35H35F3N6O3S. The Morgan fingerprint density at radius 3 is 2.60 bits per heavy atom. The van der Waals surface area contributed by atoms with Gasteiger partial charge >= 0.3 is 12.4 Å². The molecule has 13 heteroatoms. The molecule has 1 aliphatic rings. The Bertz CT molecular complexity index is 1840. The summed E-state index contributed by atoms with van der Waals surface area (Å²) in [7, 11) is 0. The zero-order valence-electron chi connectivity index (χ0n) is 26.9. The summed E-state index contributed by atoms with van der Waals surface area (Å²) in [4.78, 5) is 35.7. The summed E-state index contributed by atoms with van der Waals surface area (Å²) in [5.41, 5.74) is 5.05. The fraction of sp³-hybridized carbons (Fsp3) is 0.286. The van der Waals surface area contributed by atoms with Gasteiger partial charge in [0.15, 0.2) is 11.0 Å². The van der Waals surface area contributed by atoms with Gasteiger partial charge in [-0.3, -0.25) is 9.69 Å². The zero-order valence-corrected chi connectivity index (χ0v) is 27.7. The summed E-state index contributed by atoms with van der Waals surface area (Å²) in [6, 6.07) is 18.5. The molecule has 48 heavy (non-hydrogen) atoms. The van der Waals surface area contributed by atoms with Crippen molar-refractivity contribution in [3.05, 3.63) is 95.8 Å². The Balaban J connectivity index is 1.15. The zero-order chi connectivity index (χ0) is 34.4. The lowest BCUT2D eigenvalue weighted by Gasteiger charge is -2.22. The highest BCUT2D eigenvalue weighted by Crippen LogP contribution is 2.34. The maximum Gasteiger partial charge on any atom is 0.573 e. The van der Waals surface area contributed by atoms with Crippen molar-refractivity contribution in [2.45, 2.75) is 46.4 Å². The maximum atomic E-state index is 12.8. The molecule has 0 aliphatic carbocycles. The number of nitrogens with zero attached hydrogens (tertiary/aromatic N) is 5. The molecule has 0 bridgehead atoms. The van der Waals surface area contributed by atoms with E-state index in [1.54, 1.807) is 4.90 Å². The Labute approximate surface area is 280 Å². The van der Waals surface area contributed by atoms with Gasteiger partial charge in [-0.05, 0) is 78.3 Å². The third-order valence-corrected chi connectivity index (χ3v) is 8.40. The van der Waals surface area contributed by atoms with E-state index < -0.39 is 12.4 Å². The summed E-state index contributed by atoms with van der Waals surface area (Å²) in [5, 5.41) is 7.70. The van der Waals surface area contributed by atoms with Crippen LogP contribution in [0.2, 0.25) is 0 Å². The minimum Gasteiger partial charge on any atom is -0.406 e. The Morgan fingerprint density at radius 2 is 1.88 bits per heavy atom. The molecule has 1 aliphatic heterocycles.